The molecule has 0 spiro atoms. The molecule has 0 amide bonds. The molecule has 0 bridgehead atoms. The molecule has 1 aromatic carbocycles. The number of allylic oxidation sites excluding steroid dienone is 1. The van der Waals surface area contributed by atoms with E-state index in [0.717, 1.165) is 12.8 Å². The number of aromatic amines is 1. The number of hydrogen-bond donors (Lipinski definition) is 1. The summed E-state index contributed by atoms with van der Waals surface area (Å²) in [6, 6.07) is 10.6. The normalized spacial score (nSPS) is 15.0. The Balaban J connectivity index is 2.00. The third kappa shape index (κ3) is 2.17. The highest BCUT2D eigenvalue weighted by molar-refractivity contribution is 5.70. The second-order valence-electron chi connectivity index (χ2n) is 5.17. The van der Waals surface area contributed by atoms with E-state index in [0.29, 0.717) is 5.92 Å². The minimum atomic E-state index is 0.344. The second kappa shape index (κ2) is 4.93. The summed E-state index contributed by atoms with van der Waals surface area (Å²) in [5.41, 5.74) is 3.78. The van der Waals surface area contributed by atoms with E-state index in [9.17, 15) is 0 Å². The number of rotatable bonds is 3. The minimum absolute atomic E-state index is 0.344. The van der Waals surface area contributed by atoms with Crippen LogP contribution in [0.2, 0.25) is 0 Å². The number of aromatic nitrogens is 1. The van der Waals surface area contributed by atoms with Crippen molar-refractivity contribution < 1.29 is 0 Å². The van der Waals surface area contributed by atoms with E-state index in [-0.39, 0.29) is 0 Å². The topological polar surface area (TPSA) is 15.8 Å². The lowest BCUT2D eigenvalue weighted by Crippen LogP contribution is -2.27. The Bertz CT molecular complexity index is 704. The molecule has 1 aromatic heterocycles. The zero-order valence-electron chi connectivity index (χ0n) is 11.3. The van der Waals surface area contributed by atoms with Gasteiger partial charge in [-0.3, -0.25) is 0 Å². The summed E-state index contributed by atoms with van der Waals surface area (Å²) < 4.78 is 0. The largest absolute Gasteiger partial charge is 0.361 e. The van der Waals surface area contributed by atoms with E-state index < -0.39 is 0 Å². The maximum absolute atomic E-state index is 4.33. The second-order valence-corrected chi connectivity index (χ2v) is 5.17. The van der Waals surface area contributed by atoms with Crippen LogP contribution in [-0.4, -0.2) is 4.98 Å². The maximum Gasteiger partial charge on any atom is 0.0416 e. The third-order valence-corrected chi connectivity index (χ3v) is 3.98. The molecule has 0 fully saturated rings. The van der Waals surface area contributed by atoms with E-state index in [1.807, 2.05) is 0 Å². The fraction of sp³-hybridized carbons (Fsp3) is 0.222. The Labute approximate surface area is 114 Å². The predicted octanol–water partition coefficient (Wildman–Crippen LogP) is 3.19. The van der Waals surface area contributed by atoms with Crippen molar-refractivity contribution in [3.05, 3.63) is 64.8 Å². The van der Waals surface area contributed by atoms with Gasteiger partial charge in [0.05, 0.1) is 0 Å². The van der Waals surface area contributed by atoms with Gasteiger partial charge in [-0.2, -0.15) is 0 Å². The monoisotopic (exact) mass is 249 g/mol. The lowest BCUT2D eigenvalue weighted by Gasteiger charge is -2.14. The fourth-order valence-electron chi connectivity index (χ4n) is 2.74. The summed E-state index contributed by atoms with van der Waals surface area (Å²) in [5, 5.41) is 2.58. The van der Waals surface area contributed by atoms with Gasteiger partial charge in [0.1, 0.15) is 0 Å². The molecule has 1 heteroatoms. The first kappa shape index (κ1) is 12.0. The van der Waals surface area contributed by atoms with Crippen molar-refractivity contribution in [2.24, 2.45) is 0 Å². The SMILES string of the molecule is C=C(c1c[nH]c2c1=CCCC=2)C(C)c1ccccc1. The van der Waals surface area contributed by atoms with Gasteiger partial charge in [-0.05, 0) is 24.0 Å². The van der Waals surface area contributed by atoms with Crippen molar-refractivity contribution in [2.75, 3.05) is 0 Å². The molecule has 1 heterocycles. The molecule has 0 radical (unpaired) electrons. The zero-order chi connectivity index (χ0) is 13.2. The van der Waals surface area contributed by atoms with Crippen LogP contribution in [0.5, 0.6) is 0 Å². The molecule has 0 saturated heterocycles. The summed E-state index contributed by atoms with van der Waals surface area (Å²) >= 11 is 0. The number of H-pyrrole nitrogens is 1. The molecule has 0 aliphatic heterocycles. The van der Waals surface area contributed by atoms with Gasteiger partial charge < -0.3 is 4.98 Å². The molecular weight excluding hydrogens is 230 g/mol. The van der Waals surface area contributed by atoms with Gasteiger partial charge in [-0.1, -0.05) is 56.0 Å². The molecule has 2 aromatic rings. The molecular formula is C18H19N. The first-order valence-corrected chi connectivity index (χ1v) is 6.89. The standard InChI is InChI=1S/C18H19N/c1-13(15-8-4-3-5-9-15)14(2)17-12-19-18-11-7-6-10-16(17)18/h3-5,8-13,19H,2,6-7H2,1H3. The smallest absolute Gasteiger partial charge is 0.0416 e. The molecule has 1 N–H and O–H groups in total. The first-order chi connectivity index (χ1) is 9.27. The maximum atomic E-state index is 4.33. The summed E-state index contributed by atoms with van der Waals surface area (Å²) in [5.74, 6) is 0.344. The van der Waals surface area contributed by atoms with Crippen LogP contribution >= 0.6 is 0 Å². The predicted molar refractivity (Wildman–Crippen MR) is 82.1 cm³/mol. The van der Waals surface area contributed by atoms with Gasteiger partial charge in [-0.15, -0.1) is 0 Å². The van der Waals surface area contributed by atoms with Crippen LogP contribution in [0.25, 0.3) is 17.7 Å². The fourth-order valence-corrected chi connectivity index (χ4v) is 2.74. The Kier molecular flexibility index (Phi) is 3.12. The lowest BCUT2D eigenvalue weighted by atomic mass is 9.89. The van der Waals surface area contributed by atoms with Gasteiger partial charge in [0.2, 0.25) is 0 Å². The third-order valence-electron chi connectivity index (χ3n) is 3.98. The van der Waals surface area contributed by atoms with Crippen LogP contribution in [0.15, 0.2) is 43.1 Å². The highest BCUT2D eigenvalue weighted by Crippen LogP contribution is 2.28. The van der Waals surface area contributed by atoms with Crippen molar-refractivity contribution >= 4 is 17.7 Å². The highest BCUT2D eigenvalue weighted by Gasteiger charge is 2.13. The average Bonchev–Trinajstić information content (AvgIpc) is 2.90. The van der Waals surface area contributed by atoms with Crippen molar-refractivity contribution in [1.29, 1.82) is 0 Å². The lowest BCUT2D eigenvalue weighted by molar-refractivity contribution is 0.990. The van der Waals surface area contributed by atoms with Crippen LogP contribution in [0, 0.1) is 0 Å². The van der Waals surface area contributed by atoms with E-state index in [2.05, 4.69) is 67.2 Å². The molecule has 1 aliphatic rings. The molecule has 1 nitrogen and oxygen atoms in total. The van der Waals surface area contributed by atoms with Crippen LogP contribution in [0.1, 0.15) is 36.8 Å². The van der Waals surface area contributed by atoms with Crippen LogP contribution in [-0.2, 0) is 0 Å². The molecule has 3 rings (SSSR count). The van der Waals surface area contributed by atoms with Crippen molar-refractivity contribution in [3.8, 4) is 0 Å². The number of hydrogen-bond acceptors (Lipinski definition) is 0. The highest BCUT2D eigenvalue weighted by atomic mass is 14.7. The Hall–Kier alpha value is -2.02. The van der Waals surface area contributed by atoms with Gasteiger partial charge >= 0.3 is 0 Å². The Morgan fingerprint density at radius 1 is 1.16 bits per heavy atom. The molecule has 1 unspecified atom stereocenters. The van der Waals surface area contributed by atoms with E-state index in [1.165, 1.54) is 27.3 Å². The van der Waals surface area contributed by atoms with Crippen LogP contribution in [0.4, 0.5) is 0 Å². The summed E-state index contributed by atoms with van der Waals surface area (Å²) in [6.07, 6.45) is 8.96. The summed E-state index contributed by atoms with van der Waals surface area (Å²) in [6.45, 7) is 6.55. The molecule has 1 atom stereocenters. The number of fused-ring (bicyclic) bond motifs is 1. The van der Waals surface area contributed by atoms with Gasteiger partial charge in [0.15, 0.2) is 0 Å². The van der Waals surface area contributed by atoms with Crippen molar-refractivity contribution in [3.63, 3.8) is 0 Å². The average molecular weight is 249 g/mol. The molecule has 19 heavy (non-hydrogen) atoms. The Morgan fingerprint density at radius 2 is 1.89 bits per heavy atom. The summed E-state index contributed by atoms with van der Waals surface area (Å²) in [4.78, 5) is 3.37. The van der Waals surface area contributed by atoms with Crippen molar-refractivity contribution in [2.45, 2.75) is 25.7 Å². The molecule has 96 valence electrons. The van der Waals surface area contributed by atoms with Gasteiger partial charge in [-0.25, -0.2) is 0 Å². The molecule has 0 saturated carbocycles. The van der Waals surface area contributed by atoms with E-state index in [4.69, 9.17) is 0 Å². The number of benzene rings is 1. The summed E-state index contributed by atoms with van der Waals surface area (Å²) in [7, 11) is 0. The van der Waals surface area contributed by atoms with Crippen LogP contribution < -0.4 is 10.6 Å². The number of nitrogens with one attached hydrogen (secondary N) is 1. The zero-order valence-corrected chi connectivity index (χ0v) is 11.3. The van der Waals surface area contributed by atoms with Gasteiger partial charge in [0, 0.05) is 28.2 Å². The first-order valence-electron chi connectivity index (χ1n) is 6.89. The van der Waals surface area contributed by atoms with Gasteiger partial charge in [0.25, 0.3) is 0 Å². The van der Waals surface area contributed by atoms with E-state index >= 15 is 0 Å². The van der Waals surface area contributed by atoms with Crippen LogP contribution in [0.3, 0.4) is 0 Å². The Morgan fingerprint density at radius 3 is 2.68 bits per heavy atom. The minimum Gasteiger partial charge on any atom is -0.361 e. The molecule has 1 aliphatic carbocycles. The van der Waals surface area contributed by atoms with Crippen molar-refractivity contribution in [1.82, 2.24) is 4.98 Å². The van der Waals surface area contributed by atoms with E-state index in [1.54, 1.807) is 0 Å². The quantitative estimate of drug-likeness (QED) is 0.860.